The minimum atomic E-state index is -0.216. The van der Waals surface area contributed by atoms with Crippen LogP contribution in [0.1, 0.15) is 17.4 Å². The van der Waals surface area contributed by atoms with Crippen molar-refractivity contribution in [3.05, 3.63) is 69.3 Å². The van der Waals surface area contributed by atoms with Crippen molar-refractivity contribution in [3.63, 3.8) is 0 Å². The molecule has 3 rings (SSSR count). The van der Waals surface area contributed by atoms with Crippen LogP contribution in [0.5, 0.6) is 0 Å². The number of furan rings is 1. The van der Waals surface area contributed by atoms with Crippen molar-refractivity contribution in [1.82, 2.24) is 5.43 Å². The zero-order chi connectivity index (χ0) is 14.1. The highest BCUT2D eigenvalue weighted by molar-refractivity contribution is 9.10. The summed E-state index contributed by atoms with van der Waals surface area (Å²) in [7, 11) is 0. The molecular formula is C15H12BrClN2O. The minimum Gasteiger partial charge on any atom is -0.458 e. The van der Waals surface area contributed by atoms with E-state index < -0.39 is 0 Å². The number of para-hydroxylation sites is 1. The van der Waals surface area contributed by atoms with Crippen molar-refractivity contribution in [2.75, 3.05) is 0 Å². The van der Waals surface area contributed by atoms with E-state index in [-0.39, 0.29) is 6.04 Å². The third-order valence-electron chi connectivity index (χ3n) is 3.17. The van der Waals surface area contributed by atoms with E-state index in [1.807, 2.05) is 48.5 Å². The van der Waals surface area contributed by atoms with Gasteiger partial charge in [-0.05, 0) is 45.8 Å². The highest BCUT2D eigenvalue weighted by atomic mass is 79.9. The van der Waals surface area contributed by atoms with Gasteiger partial charge in [-0.2, -0.15) is 0 Å². The normalized spacial score (nSPS) is 12.8. The Morgan fingerprint density at radius 1 is 1.15 bits per heavy atom. The second-order valence-electron chi connectivity index (χ2n) is 4.46. The van der Waals surface area contributed by atoms with Crippen molar-refractivity contribution in [2.45, 2.75) is 6.04 Å². The molecule has 3 nitrogen and oxygen atoms in total. The standard InChI is InChI=1S/C15H12BrClN2O/c16-12-3-1-2-10-8-13(20-15(10)12)14(19-18)9-4-6-11(17)7-5-9/h1-8,14,19H,18H2. The topological polar surface area (TPSA) is 51.2 Å². The predicted molar refractivity (Wildman–Crippen MR) is 84.5 cm³/mol. The molecule has 20 heavy (non-hydrogen) atoms. The summed E-state index contributed by atoms with van der Waals surface area (Å²) >= 11 is 9.39. The first-order chi connectivity index (χ1) is 9.69. The molecule has 3 aromatic rings. The number of rotatable bonds is 3. The molecule has 0 aliphatic heterocycles. The molecule has 0 bridgehead atoms. The first kappa shape index (κ1) is 13.6. The maximum absolute atomic E-state index is 5.91. The molecule has 102 valence electrons. The SMILES string of the molecule is NNC(c1ccc(Cl)cc1)c1cc2cccc(Br)c2o1. The monoisotopic (exact) mass is 350 g/mol. The van der Waals surface area contributed by atoms with Gasteiger partial charge in [0.1, 0.15) is 17.4 Å². The van der Waals surface area contributed by atoms with Gasteiger partial charge in [0.2, 0.25) is 0 Å². The number of nitrogens with one attached hydrogen (secondary N) is 1. The fraction of sp³-hybridized carbons (Fsp3) is 0.0667. The highest BCUT2D eigenvalue weighted by Crippen LogP contribution is 2.32. The average molecular weight is 352 g/mol. The number of hydrazine groups is 1. The number of benzene rings is 2. The van der Waals surface area contributed by atoms with Crippen LogP contribution < -0.4 is 11.3 Å². The molecule has 1 aromatic heterocycles. The van der Waals surface area contributed by atoms with Gasteiger partial charge in [0, 0.05) is 10.4 Å². The van der Waals surface area contributed by atoms with Crippen LogP contribution in [-0.4, -0.2) is 0 Å². The van der Waals surface area contributed by atoms with E-state index in [1.165, 1.54) is 0 Å². The van der Waals surface area contributed by atoms with Gasteiger partial charge in [-0.15, -0.1) is 0 Å². The van der Waals surface area contributed by atoms with Gasteiger partial charge in [0.25, 0.3) is 0 Å². The lowest BCUT2D eigenvalue weighted by atomic mass is 10.1. The Labute approximate surface area is 129 Å². The third kappa shape index (κ3) is 2.47. The van der Waals surface area contributed by atoms with E-state index in [1.54, 1.807) is 0 Å². The van der Waals surface area contributed by atoms with Crippen LogP contribution in [0.3, 0.4) is 0 Å². The van der Waals surface area contributed by atoms with Gasteiger partial charge in [-0.1, -0.05) is 35.9 Å². The Morgan fingerprint density at radius 2 is 1.90 bits per heavy atom. The smallest absolute Gasteiger partial charge is 0.148 e. The molecule has 0 radical (unpaired) electrons. The summed E-state index contributed by atoms with van der Waals surface area (Å²) in [4.78, 5) is 0. The Kier molecular flexibility index (Phi) is 3.81. The van der Waals surface area contributed by atoms with Crippen LogP contribution in [0.15, 0.2) is 57.4 Å². The van der Waals surface area contributed by atoms with Crippen molar-refractivity contribution in [3.8, 4) is 0 Å². The Morgan fingerprint density at radius 3 is 2.55 bits per heavy atom. The predicted octanol–water partition coefficient (Wildman–Crippen LogP) is 4.40. The van der Waals surface area contributed by atoms with E-state index in [4.69, 9.17) is 21.9 Å². The second-order valence-corrected chi connectivity index (χ2v) is 5.75. The number of fused-ring (bicyclic) bond motifs is 1. The molecule has 0 saturated heterocycles. The van der Waals surface area contributed by atoms with E-state index in [0.29, 0.717) is 5.02 Å². The van der Waals surface area contributed by atoms with Crippen LogP contribution in [-0.2, 0) is 0 Å². The molecule has 0 aliphatic rings. The van der Waals surface area contributed by atoms with E-state index in [2.05, 4.69) is 21.4 Å². The molecule has 0 saturated carbocycles. The first-order valence-electron chi connectivity index (χ1n) is 6.08. The van der Waals surface area contributed by atoms with Crippen LogP contribution in [0.25, 0.3) is 11.0 Å². The maximum atomic E-state index is 5.91. The molecule has 0 aliphatic carbocycles. The molecule has 0 fully saturated rings. The van der Waals surface area contributed by atoms with Gasteiger partial charge < -0.3 is 4.42 Å². The lowest BCUT2D eigenvalue weighted by Gasteiger charge is -2.13. The summed E-state index contributed by atoms with van der Waals surface area (Å²) in [5, 5.41) is 1.72. The summed E-state index contributed by atoms with van der Waals surface area (Å²) in [6.45, 7) is 0. The van der Waals surface area contributed by atoms with Gasteiger partial charge in [-0.25, -0.2) is 5.43 Å². The molecule has 5 heteroatoms. The zero-order valence-electron chi connectivity index (χ0n) is 10.4. The summed E-state index contributed by atoms with van der Waals surface area (Å²) in [6, 6.07) is 15.2. The summed E-state index contributed by atoms with van der Waals surface area (Å²) < 4.78 is 6.84. The minimum absolute atomic E-state index is 0.216. The number of hydrogen-bond donors (Lipinski definition) is 2. The average Bonchev–Trinajstić information content (AvgIpc) is 2.87. The van der Waals surface area contributed by atoms with Gasteiger partial charge in [0.05, 0.1) is 4.47 Å². The number of hydrogen-bond acceptors (Lipinski definition) is 3. The molecular weight excluding hydrogens is 340 g/mol. The maximum Gasteiger partial charge on any atom is 0.148 e. The lowest BCUT2D eigenvalue weighted by Crippen LogP contribution is -2.28. The number of nitrogens with two attached hydrogens (primary N) is 1. The van der Waals surface area contributed by atoms with Gasteiger partial charge >= 0.3 is 0 Å². The number of halogens is 2. The fourth-order valence-corrected chi connectivity index (χ4v) is 2.78. The van der Waals surface area contributed by atoms with Crippen LogP contribution >= 0.6 is 27.5 Å². The second kappa shape index (κ2) is 5.58. The van der Waals surface area contributed by atoms with Crippen molar-refractivity contribution in [2.24, 2.45) is 5.84 Å². The molecule has 2 aromatic carbocycles. The summed E-state index contributed by atoms with van der Waals surface area (Å²) in [6.07, 6.45) is 0. The lowest BCUT2D eigenvalue weighted by molar-refractivity contribution is 0.476. The van der Waals surface area contributed by atoms with Crippen LogP contribution in [0.4, 0.5) is 0 Å². The van der Waals surface area contributed by atoms with Gasteiger partial charge in [0.15, 0.2) is 0 Å². The quantitative estimate of drug-likeness (QED) is 0.543. The molecule has 0 amide bonds. The van der Waals surface area contributed by atoms with Crippen LogP contribution in [0, 0.1) is 0 Å². The zero-order valence-corrected chi connectivity index (χ0v) is 12.8. The highest BCUT2D eigenvalue weighted by Gasteiger charge is 2.18. The molecule has 1 unspecified atom stereocenters. The first-order valence-corrected chi connectivity index (χ1v) is 7.25. The van der Waals surface area contributed by atoms with E-state index in [9.17, 15) is 0 Å². The third-order valence-corrected chi connectivity index (χ3v) is 4.05. The van der Waals surface area contributed by atoms with Crippen LogP contribution in [0.2, 0.25) is 5.02 Å². The molecule has 0 spiro atoms. The van der Waals surface area contributed by atoms with E-state index >= 15 is 0 Å². The van der Waals surface area contributed by atoms with Crippen molar-refractivity contribution < 1.29 is 4.42 Å². The van der Waals surface area contributed by atoms with Gasteiger partial charge in [-0.3, -0.25) is 5.84 Å². The fourth-order valence-electron chi connectivity index (χ4n) is 2.19. The largest absolute Gasteiger partial charge is 0.458 e. The molecule has 1 atom stereocenters. The van der Waals surface area contributed by atoms with E-state index in [0.717, 1.165) is 26.8 Å². The summed E-state index contributed by atoms with van der Waals surface area (Å²) in [5.41, 5.74) is 4.59. The summed E-state index contributed by atoms with van der Waals surface area (Å²) in [5.74, 6) is 6.44. The van der Waals surface area contributed by atoms with Crippen molar-refractivity contribution in [1.29, 1.82) is 0 Å². The Balaban J connectivity index is 2.07. The molecule has 1 heterocycles. The Bertz CT molecular complexity index is 739. The Hall–Kier alpha value is -1.33. The van der Waals surface area contributed by atoms with Crippen molar-refractivity contribution >= 4 is 38.5 Å². The molecule has 3 N–H and O–H groups in total.